The van der Waals surface area contributed by atoms with Crippen LogP contribution in [-0.2, 0) is 19.1 Å². The fraction of sp³-hybridized carbons (Fsp3) is 0.333. The lowest BCUT2D eigenvalue weighted by Gasteiger charge is -2.35. The molecule has 0 unspecified atom stereocenters. The van der Waals surface area contributed by atoms with Crippen molar-refractivity contribution < 1.29 is 23.5 Å². The minimum atomic E-state index is -0.580. The SMILES string of the molecule is CC[C@H]1OCC(=O)C2=C1NC1=C(C(=O)OC1)[C@@H]2c1ccc(F)c(Br)c1. The lowest BCUT2D eigenvalue weighted by atomic mass is 9.77. The van der Waals surface area contributed by atoms with E-state index in [4.69, 9.17) is 9.47 Å². The number of hydrogen-bond donors (Lipinski definition) is 1. The molecule has 1 N–H and O–H groups in total. The fourth-order valence-corrected chi connectivity index (χ4v) is 3.99. The molecule has 1 aromatic rings. The number of esters is 1. The first-order valence-corrected chi connectivity index (χ1v) is 8.81. The van der Waals surface area contributed by atoms with Gasteiger partial charge in [-0.25, -0.2) is 9.18 Å². The summed E-state index contributed by atoms with van der Waals surface area (Å²) in [6, 6.07) is 4.53. The van der Waals surface area contributed by atoms with Crippen LogP contribution in [0.4, 0.5) is 4.39 Å². The second-order valence-corrected chi connectivity index (χ2v) is 7.01. The molecule has 5 nitrogen and oxygen atoms in total. The number of carbonyl (C=O) groups is 2. The van der Waals surface area contributed by atoms with Crippen LogP contribution in [0.25, 0.3) is 0 Å². The van der Waals surface area contributed by atoms with Crippen LogP contribution in [0.1, 0.15) is 24.8 Å². The number of hydrogen-bond acceptors (Lipinski definition) is 5. The van der Waals surface area contributed by atoms with Gasteiger partial charge in [0.25, 0.3) is 0 Å². The predicted molar refractivity (Wildman–Crippen MR) is 90.0 cm³/mol. The van der Waals surface area contributed by atoms with Crippen molar-refractivity contribution in [2.45, 2.75) is 25.4 Å². The number of cyclic esters (lactones) is 1. The zero-order valence-electron chi connectivity index (χ0n) is 13.4. The molecule has 0 radical (unpaired) electrons. The van der Waals surface area contributed by atoms with Crippen molar-refractivity contribution in [3.63, 3.8) is 0 Å². The summed E-state index contributed by atoms with van der Waals surface area (Å²) in [7, 11) is 0. The first-order valence-electron chi connectivity index (χ1n) is 8.02. The summed E-state index contributed by atoms with van der Waals surface area (Å²) in [5, 5.41) is 3.19. The van der Waals surface area contributed by atoms with E-state index >= 15 is 0 Å². The van der Waals surface area contributed by atoms with E-state index in [-0.39, 0.29) is 29.6 Å². The molecule has 4 rings (SSSR count). The molecule has 0 aliphatic carbocycles. The number of rotatable bonds is 2. The Labute approximate surface area is 152 Å². The maximum Gasteiger partial charge on any atom is 0.337 e. The van der Waals surface area contributed by atoms with Gasteiger partial charge in [0.15, 0.2) is 5.78 Å². The number of dihydropyridines is 1. The number of Topliss-reactive ketones (excluding diaryl/α,β-unsaturated/α-hetero) is 1. The number of ketones is 1. The smallest absolute Gasteiger partial charge is 0.337 e. The van der Waals surface area contributed by atoms with E-state index in [1.807, 2.05) is 6.92 Å². The van der Waals surface area contributed by atoms with Crippen molar-refractivity contribution in [3.8, 4) is 0 Å². The van der Waals surface area contributed by atoms with Crippen LogP contribution < -0.4 is 5.32 Å². The van der Waals surface area contributed by atoms with Crippen molar-refractivity contribution in [2.75, 3.05) is 13.2 Å². The predicted octanol–water partition coefficient (Wildman–Crippen LogP) is 2.72. The quantitative estimate of drug-likeness (QED) is 0.763. The summed E-state index contributed by atoms with van der Waals surface area (Å²) in [6.45, 7) is 2.07. The fourth-order valence-electron chi connectivity index (χ4n) is 3.59. The van der Waals surface area contributed by atoms with Crippen LogP contribution in [0.3, 0.4) is 0 Å². The zero-order chi connectivity index (χ0) is 17.7. The highest BCUT2D eigenvalue weighted by molar-refractivity contribution is 9.10. The summed E-state index contributed by atoms with van der Waals surface area (Å²) in [5.74, 6) is -1.61. The average Bonchev–Trinajstić information content (AvgIpc) is 2.97. The van der Waals surface area contributed by atoms with Crippen LogP contribution in [0.5, 0.6) is 0 Å². The Morgan fingerprint density at radius 2 is 2.08 bits per heavy atom. The molecule has 1 aromatic carbocycles. The van der Waals surface area contributed by atoms with Gasteiger partial charge in [0.05, 0.1) is 27.5 Å². The average molecular weight is 408 g/mol. The molecular formula is C18H15BrFNO4. The first kappa shape index (κ1) is 16.5. The Hall–Kier alpha value is -1.99. The highest BCUT2D eigenvalue weighted by Gasteiger charge is 2.45. The summed E-state index contributed by atoms with van der Waals surface area (Å²) >= 11 is 3.18. The van der Waals surface area contributed by atoms with E-state index in [1.54, 1.807) is 12.1 Å². The molecule has 0 bridgehead atoms. The maximum absolute atomic E-state index is 13.7. The van der Waals surface area contributed by atoms with E-state index in [2.05, 4.69) is 21.2 Å². The van der Waals surface area contributed by atoms with Gasteiger partial charge >= 0.3 is 5.97 Å². The second-order valence-electron chi connectivity index (χ2n) is 6.16. The third kappa shape index (κ3) is 2.53. The topological polar surface area (TPSA) is 64.6 Å². The monoisotopic (exact) mass is 407 g/mol. The van der Waals surface area contributed by atoms with Gasteiger partial charge in [-0.15, -0.1) is 0 Å². The minimum Gasteiger partial charge on any atom is -0.456 e. The van der Waals surface area contributed by atoms with Gasteiger partial charge in [0.1, 0.15) is 19.0 Å². The number of ether oxygens (including phenoxy) is 2. The Kier molecular flexibility index (Phi) is 4.00. The summed E-state index contributed by atoms with van der Waals surface area (Å²) in [4.78, 5) is 24.9. The Morgan fingerprint density at radius 1 is 1.28 bits per heavy atom. The molecule has 0 saturated carbocycles. The lowest BCUT2D eigenvalue weighted by molar-refractivity contribution is -0.136. The standard InChI is InChI=1S/C18H15BrFNO4/c1-2-13-17-16(12(22)7-24-13)14(8-3-4-10(20)9(19)5-8)15-11(21-17)6-25-18(15)23/h3-5,13-14,21H,2,6-7H2,1H3/t13-,14+/m1/s1. The van der Waals surface area contributed by atoms with Gasteiger partial charge in [-0.05, 0) is 40.0 Å². The summed E-state index contributed by atoms with van der Waals surface area (Å²) in [5.41, 5.74) is 2.92. The molecule has 0 amide bonds. The molecule has 25 heavy (non-hydrogen) atoms. The van der Waals surface area contributed by atoms with Crippen LogP contribution in [-0.4, -0.2) is 31.1 Å². The van der Waals surface area contributed by atoms with Gasteiger partial charge in [0, 0.05) is 11.5 Å². The minimum absolute atomic E-state index is 0.0322. The largest absolute Gasteiger partial charge is 0.456 e. The molecule has 0 saturated heterocycles. The van der Waals surface area contributed by atoms with Gasteiger partial charge < -0.3 is 14.8 Å². The van der Waals surface area contributed by atoms with Crippen LogP contribution in [0, 0.1) is 5.82 Å². The van der Waals surface area contributed by atoms with Crippen LogP contribution in [0.2, 0.25) is 0 Å². The molecule has 3 aliphatic heterocycles. The molecule has 0 aromatic heterocycles. The van der Waals surface area contributed by atoms with Crippen molar-refractivity contribution in [2.24, 2.45) is 0 Å². The molecule has 3 heterocycles. The summed E-state index contributed by atoms with van der Waals surface area (Å²) in [6.07, 6.45) is 0.444. The Balaban J connectivity index is 1.93. The number of benzene rings is 1. The third-order valence-corrected chi connectivity index (χ3v) is 5.34. The Morgan fingerprint density at radius 3 is 2.80 bits per heavy atom. The van der Waals surface area contributed by atoms with Crippen molar-refractivity contribution >= 4 is 27.7 Å². The van der Waals surface area contributed by atoms with Gasteiger partial charge in [-0.3, -0.25) is 4.79 Å². The normalized spacial score (nSPS) is 25.6. The molecule has 0 fully saturated rings. The van der Waals surface area contributed by atoms with Crippen molar-refractivity contribution in [3.05, 3.63) is 56.6 Å². The van der Waals surface area contributed by atoms with Gasteiger partial charge in [-0.1, -0.05) is 13.0 Å². The lowest BCUT2D eigenvalue weighted by Crippen LogP contribution is -2.41. The third-order valence-electron chi connectivity index (χ3n) is 4.73. The highest BCUT2D eigenvalue weighted by atomic mass is 79.9. The van der Waals surface area contributed by atoms with Crippen LogP contribution >= 0.6 is 15.9 Å². The molecule has 7 heteroatoms. The van der Waals surface area contributed by atoms with E-state index in [9.17, 15) is 14.0 Å². The molecule has 3 aliphatic rings. The molecule has 2 atom stereocenters. The van der Waals surface area contributed by atoms with Crippen molar-refractivity contribution in [1.29, 1.82) is 0 Å². The van der Waals surface area contributed by atoms with E-state index < -0.39 is 17.7 Å². The number of halogens is 2. The molecular weight excluding hydrogens is 393 g/mol. The highest BCUT2D eigenvalue weighted by Crippen LogP contribution is 2.44. The van der Waals surface area contributed by atoms with Gasteiger partial charge in [-0.2, -0.15) is 0 Å². The van der Waals surface area contributed by atoms with Crippen LogP contribution in [0.15, 0.2) is 45.2 Å². The Bertz CT molecular complexity index is 861. The van der Waals surface area contributed by atoms with Crippen molar-refractivity contribution in [1.82, 2.24) is 5.32 Å². The van der Waals surface area contributed by atoms with E-state index in [0.717, 1.165) is 0 Å². The molecule has 130 valence electrons. The zero-order valence-corrected chi connectivity index (χ0v) is 15.0. The van der Waals surface area contributed by atoms with E-state index in [1.165, 1.54) is 6.07 Å². The van der Waals surface area contributed by atoms with E-state index in [0.29, 0.717) is 34.5 Å². The number of nitrogens with one attached hydrogen (secondary N) is 1. The second kappa shape index (κ2) is 6.07. The summed E-state index contributed by atoms with van der Waals surface area (Å²) < 4.78 is 24.8. The van der Waals surface area contributed by atoms with Gasteiger partial charge in [0.2, 0.25) is 0 Å². The molecule has 0 spiro atoms. The maximum atomic E-state index is 13.7. The number of carbonyl (C=O) groups excluding carboxylic acids is 2. The first-order chi connectivity index (χ1) is 12.0.